The van der Waals surface area contributed by atoms with Crippen LogP contribution in [0.4, 0.5) is 0 Å². The lowest BCUT2D eigenvalue weighted by molar-refractivity contribution is -0.132. The lowest BCUT2D eigenvalue weighted by Crippen LogP contribution is -2.41. The molecular weight excluding hydrogens is 392 g/mol. The van der Waals surface area contributed by atoms with Gasteiger partial charge in [0.2, 0.25) is 5.91 Å². The van der Waals surface area contributed by atoms with E-state index < -0.39 is 10.0 Å². The fourth-order valence-electron chi connectivity index (χ4n) is 2.65. The lowest BCUT2D eigenvalue weighted by Gasteiger charge is -2.25. The molecule has 1 heterocycles. The Balaban J connectivity index is 1.70. The van der Waals surface area contributed by atoms with Crippen LogP contribution in [0.25, 0.3) is 0 Å². The number of aryl methyl sites for hydroxylation is 1. The maximum Gasteiger partial charge on any atom is 0.252 e. The molecule has 0 N–H and O–H groups in total. The summed E-state index contributed by atoms with van der Waals surface area (Å²) in [7, 11) is -2.28. The number of benzene rings is 1. The number of amides is 1. The Bertz CT molecular complexity index is 889. The highest BCUT2D eigenvalue weighted by Gasteiger charge is 2.34. The zero-order chi connectivity index (χ0) is 18.9. The van der Waals surface area contributed by atoms with Crippen LogP contribution in [0.2, 0.25) is 4.34 Å². The number of hydrogen-bond donors (Lipinski definition) is 0. The quantitative estimate of drug-likeness (QED) is 0.699. The molecule has 5 nitrogen and oxygen atoms in total. The van der Waals surface area contributed by atoms with Crippen molar-refractivity contribution in [1.29, 1.82) is 0 Å². The number of thiophene rings is 1. The summed E-state index contributed by atoms with van der Waals surface area (Å²) >= 11 is 6.83. The van der Waals surface area contributed by atoms with E-state index >= 15 is 0 Å². The average Bonchev–Trinajstić information content (AvgIpc) is 3.33. The van der Waals surface area contributed by atoms with Gasteiger partial charge in [-0.1, -0.05) is 41.4 Å². The van der Waals surface area contributed by atoms with Gasteiger partial charge in [-0.25, -0.2) is 8.42 Å². The Kier molecular flexibility index (Phi) is 5.72. The third kappa shape index (κ3) is 4.46. The van der Waals surface area contributed by atoms with Crippen LogP contribution in [0.1, 0.15) is 24.0 Å². The van der Waals surface area contributed by atoms with Crippen LogP contribution < -0.4 is 0 Å². The van der Waals surface area contributed by atoms with E-state index in [1.807, 2.05) is 31.2 Å². The van der Waals surface area contributed by atoms with E-state index in [4.69, 9.17) is 11.6 Å². The normalized spacial score (nSPS) is 14.6. The minimum Gasteiger partial charge on any atom is -0.334 e. The number of nitrogens with zero attached hydrogens (tertiary/aromatic N) is 2. The SMILES string of the molecule is Cc1ccc(CN(C(=O)CN(C)S(=O)(=O)c2ccc(Cl)s2)C2CC2)cc1. The molecule has 1 amide bonds. The molecule has 140 valence electrons. The Labute approximate surface area is 163 Å². The smallest absolute Gasteiger partial charge is 0.252 e. The van der Waals surface area contributed by atoms with Gasteiger partial charge in [0.25, 0.3) is 10.0 Å². The molecule has 0 saturated heterocycles. The Hall–Kier alpha value is -1.41. The zero-order valence-electron chi connectivity index (χ0n) is 14.7. The summed E-state index contributed by atoms with van der Waals surface area (Å²) in [4.78, 5) is 14.6. The van der Waals surface area contributed by atoms with Crippen molar-refractivity contribution in [3.05, 3.63) is 51.9 Å². The van der Waals surface area contributed by atoms with Gasteiger partial charge >= 0.3 is 0 Å². The van der Waals surface area contributed by atoms with Crippen LogP contribution in [0.15, 0.2) is 40.6 Å². The summed E-state index contributed by atoms with van der Waals surface area (Å²) in [6.45, 7) is 2.34. The monoisotopic (exact) mass is 412 g/mol. The third-order valence-electron chi connectivity index (χ3n) is 4.35. The first-order valence-corrected chi connectivity index (χ1v) is 11.0. The molecule has 1 aliphatic rings. The molecule has 1 aromatic heterocycles. The molecule has 0 radical (unpaired) electrons. The number of hydrogen-bond acceptors (Lipinski definition) is 4. The van der Waals surface area contributed by atoms with E-state index in [0.29, 0.717) is 10.9 Å². The van der Waals surface area contributed by atoms with Crippen LogP contribution in [-0.4, -0.2) is 43.2 Å². The molecule has 0 aliphatic heterocycles. The molecule has 0 unspecified atom stereocenters. The fraction of sp³-hybridized carbons (Fsp3) is 0.389. The van der Waals surface area contributed by atoms with Gasteiger partial charge in [-0.05, 0) is 37.5 Å². The standard InChI is InChI=1S/C18H21ClN2O3S2/c1-13-3-5-14(6-4-13)11-21(15-7-8-15)17(22)12-20(2)26(23,24)18-10-9-16(19)25-18/h3-6,9-10,15H,7-8,11-12H2,1-2H3. The number of likely N-dealkylation sites (N-methyl/N-ethyl adjacent to an activating group) is 1. The number of carbonyl (C=O) groups excluding carboxylic acids is 1. The maximum absolute atomic E-state index is 12.8. The van der Waals surface area contributed by atoms with Crippen LogP contribution in [0.3, 0.4) is 0 Å². The van der Waals surface area contributed by atoms with Gasteiger partial charge in [0.05, 0.1) is 10.9 Å². The summed E-state index contributed by atoms with van der Waals surface area (Å²) in [6.07, 6.45) is 1.93. The van der Waals surface area contributed by atoms with Crippen molar-refractivity contribution in [1.82, 2.24) is 9.21 Å². The largest absolute Gasteiger partial charge is 0.334 e. The lowest BCUT2D eigenvalue weighted by atomic mass is 10.1. The molecule has 0 atom stereocenters. The predicted octanol–water partition coefficient (Wildman–Crippen LogP) is 3.52. The van der Waals surface area contributed by atoms with Gasteiger partial charge in [-0.3, -0.25) is 4.79 Å². The van der Waals surface area contributed by atoms with Crippen molar-refractivity contribution >= 4 is 38.9 Å². The Morgan fingerprint density at radius 3 is 2.38 bits per heavy atom. The van der Waals surface area contributed by atoms with Crippen LogP contribution in [-0.2, 0) is 21.4 Å². The molecule has 3 rings (SSSR count). The third-order valence-corrected chi connectivity index (χ3v) is 7.85. The second kappa shape index (κ2) is 7.68. The summed E-state index contributed by atoms with van der Waals surface area (Å²) in [5, 5.41) is 0. The zero-order valence-corrected chi connectivity index (χ0v) is 17.1. The second-order valence-corrected chi connectivity index (χ2v) is 10.5. The molecule has 1 saturated carbocycles. The first-order valence-electron chi connectivity index (χ1n) is 8.34. The predicted molar refractivity (Wildman–Crippen MR) is 104 cm³/mol. The minimum atomic E-state index is -3.71. The Morgan fingerprint density at radius 1 is 1.19 bits per heavy atom. The molecule has 0 bridgehead atoms. The first kappa shape index (κ1) is 19.4. The van der Waals surface area contributed by atoms with Crippen molar-refractivity contribution in [3.8, 4) is 0 Å². The topological polar surface area (TPSA) is 57.7 Å². The molecule has 1 aliphatic carbocycles. The van der Waals surface area contributed by atoms with E-state index in [1.54, 1.807) is 11.0 Å². The molecule has 26 heavy (non-hydrogen) atoms. The van der Waals surface area contributed by atoms with Crippen molar-refractivity contribution in [2.45, 2.75) is 36.6 Å². The number of halogens is 1. The summed E-state index contributed by atoms with van der Waals surface area (Å²) < 4.78 is 26.8. The number of rotatable bonds is 7. The Morgan fingerprint density at radius 2 is 1.85 bits per heavy atom. The van der Waals surface area contributed by atoms with Gasteiger partial charge in [0, 0.05) is 19.6 Å². The van der Waals surface area contributed by atoms with Crippen molar-refractivity contribution in [3.63, 3.8) is 0 Å². The van der Waals surface area contributed by atoms with Gasteiger partial charge in [0.1, 0.15) is 4.21 Å². The van der Waals surface area contributed by atoms with E-state index in [-0.39, 0.29) is 22.7 Å². The van der Waals surface area contributed by atoms with Gasteiger partial charge in [-0.15, -0.1) is 11.3 Å². The summed E-state index contributed by atoms with van der Waals surface area (Å²) in [5.74, 6) is -0.179. The highest BCUT2D eigenvalue weighted by molar-refractivity contribution is 7.91. The van der Waals surface area contributed by atoms with Crippen molar-refractivity contribution < 1.29 is 13.2 Å². The summed E-state index contributed by atoms with van der Waals surface area (Å²) in [6, 6.07) is 11.3. The van der Waals surface area contributed by atoms with Crippen LogP contribution in [0, 0.1) is 6.92 Å². The highest BCUT2D eigenvalue weighted by Crippen LogP contribution is 2.30. The number of sulfonamides is 1. The molecule has 2 aromatic rings. The van der Waals surface area contributed by atoms with Crippen LogP contribution >= 0.6 is 22.9 Å². The fourth-order valence-corrected chi connectivity index (χ4v) is 5.47. The van der Waals surface area contributed by atoms with Gasteiger partial charge in [0.15, 0.2) is 0 Å². The van der Waals surface area contributed by atoms with E-state index in [9.17, 15) is 13.2 Å². The van der Waals surface area contributed by atoms with E-state index in [0.717, 1.165) is 34.0 Å². The summed E-state index contributed by atoms with van der Waals surface area (Å²) in [5.41, 5.74) is 2.21. The van der Waals surface area contributed by atoms with Crippen LogP contribution in [0.5, 0.6) is 0 Å². The van der Waals surface area contributed by atoms with Crippen molar-refractivity contribution in [2.24, 2.45) is 0 Å². The first-order chi connectivity index (χ1) is 12.3. The van der Waals surface area contributed by atoms with E-state index in [1.165, 1.54) is 18.7 Å². The van der Waals surface area contributed by atoms with E-state index in [2.05, 4.69) is 0 Å². The van der Waals surface area contributed by atoms with Crippen molar-refractivity contribution in [2.75, 3.05) is 13.6 Å². The molecule has 8 heteroatoms. The minimum absolute atomic E-state index is 0.148. The van der Waals surface area contributed by atoms with Gasteiger partial charge < -0.3 is 4.90 Å². The molecular formula is C18H21ClN2O3S2. The average molecular weight is 413 g/mol. The highest BCUT2D eigenvalue weighted by atomic mass is 35.5. The molecule has 1 aromatic carbocycles. The maximum atomic E-state index is 12.8. The molecule has 0 spiro atoms. The molecule has 1 fully saturated rings. The van der Waals surface area contributed by atoms with Gasteiger partial charge in [-0.2, -0.15) is 4.31 Å². The number of carbonyl (C=O) groups is 1. The second-order valence-electron chi connectivity index (χ2n) is 6.56.